The van der Waals surface area contributed by atoms with E-state index in [0.29, 0.717) is 28.1 Å². The minimum absolute atomic E-state index is 0.00640. The first kappa shape index (κ1) is 18.3. The van der Waals surface area contributed by atoms with Gasteiger partial charge in [0.25, 0.3) is 0 Å². The maximum atomic E-state index is 10.3. The molecule has 0 unspecified atom stereocenters. The number of aromatic nitrogens is 3. The largest absolute Gasteiger partial charge is 0.504 e. The van der Waals surface area contributed by atoms with Gasteiger partial charge in [-0.25, -0.2) is 4.68 Å². The summed E-state index contributed by atoms with van der Waals surface area (Å²) in [7, 11) is 0. The van der Waals surface area contributed by atoms with Crippen molar-refractivity contribution in [3.63, 3.8) is 0 Å². The second kappa shape index (κ2) is 7.92. The first-order chi connectivity index (χ1) is 13.6. The monoisotopic (exact) mass is 411 g/mol. The zero-order chi connectivity index (χ0) is 19.5. The molecule has 4 rings (SSSR count). The number of nitrogens with zero attached hydrogens (tertiary/aromatic N) is 3. The van der Waals surface area contributed by atoms with Gasteiger partial charge in [0, 0.05) is 10.6 Å². The van der Waals surface area contributed by atoms with Gasteiger partial charge in [0.15, 0.2) is 11.5 Å². The van der Waals surface area contributed by atoms with Gasteiger partial charge in [0.05, 0.1) is 17.8 Å². The fourth-order valence-electron chi connectivity index (χ4n) is 2.73. The zero-order valence-corrected chi connectivity index (χ0v) is 16.1. The van der Waals surface area contributed by atoms with Crippen LogP contribution in [0.1, 0.15) is 5.56 Å². The molecule has 0 amide bonds. The Morgan fingerprint density at radius 1 is 0.929 bits per heavy atom. The second-order valence-corrected chi connectivity index (χ2v) is 6.99. The van der Waals surface area contributed by atoms with Gasteiger partial charge in [0.2, 0.25) is 0 Å². The van der Waals surface area contributed by atoms with Crippen molar-refractivity contribution < 1.29 is 9.84 Å². The molecule has 1 N–H and O–H groups in total. The van der Waals surface area contributed by atoms with E-state index in [-0.39, 0.29) is 5.75 Å². The predicted octanol–water partition coefficient (Wildman–Crippen LogP) is 5.80. The van der Waals surface area contributed by atoms with Crippen molar-refractivity contribution in [1.82, 2.24) is 15.0 Å². The van der Waals surface area contributed by atoms with Gasteiger partial charge >= 0.3 is 0 Å². The zero-order valence-electron chi connectivity index (χ0n) is 14.6. The standard InChI is InChI=1S/C21H15Cl2N3O2/c22-16-7-9-20(17(23)11-16)28-21-8-6-14(10-19(21)27)12-26-13-18(24-25-26)15-4-2-1-3-5-15/h1-11,13,27H,12H2. The lowest BCUT2D eigenvalue weighted by Gasteiger charge is -2.10. The Balaban J connectivity index is 1.50. The number of rotatable bonds is 5. The highest BCUT2D eigenvalue weighted by Gasteiger charge is 2.10. The van der Waals surface area contributed by atoms with Crippen molar-refractivity contribution in [3.8, 4) is 28.5 Å². The van der Waals surface area contributed by atoms with Crippen LogP contribution in [0.25, 0.3) is 11.3 Å². The van der Waals surface area contributed by atoms with Gasteiger partial charge in [-0.15, -0.1) is 5.10 Å². The van der Waals surface area contributed by atoms with E-state index in [2.05, 4.69) is 10.3 Å². The minimum atomic E-state index is 0.00640. The normalized spacial score (nSPS) is 10.8. The van der Waals surface area contributed by atoms with Crippen LogP contribution in [0, 0.1) is 0 Å². The van der Waals surface area contributed by atoms with Crippen LogP contribution in [0.4, 0.5) is 0 Å². The molecule has 0 radical (unpaired) electrons. The number of hydrogen-bond acceptors (Lipinski definition) is 4. The molecule has 0 atom stereocenters. The van der Waals surface area contributed by atoms with Gasteiger partial charge in [-0.1, -0.05) is 64.8 Å². The highest BCUT2D eigenvalue weighted by atomic mass is 35.5. The summed E-state index contributed by atoms with van der Waals surface area (Å²) in [5, 5.41) is 19.5. The highest BCUT2D eigenvalue weighted by molar-refractivity contribution is 6.35. The lowest BCUT2D eigenvalue weighted by atomic mass is 10.2. The lowest BCUT2D eigenvalue weighted by molar-refractivity contribution is 0.410. The van der Waals surface area contributed by atoms with Crippen molar-refractivity contribution in [3.05, 3.63) is 88.5 Å². The third kappa shape index (κ3) is 4.11. The summed E-state index contributed by atoms with van der Waals surface area (Å²) in [6.07, 6.45) is 1.87. The van der Waals surface area contributed by atoms with E-state index < -0.39 is 0 Å². The van der Waals surface area contributed by atoms with Gasteiger partial charge in [-0.3, -0.25) is 0 Å². The SMILES string of the molecule is Oc1cc(Cn2cc(-c3ccccc3)nn2)ccc1Oc1ccc(Cl)cc1Cl. The number of phenolic OH excluding ortho intramolecular Hbond substituents is 1. The van der Waals surface area contributed by atoms with Crippen LogP contribution in [-0.2, 0) is 6.54 Å². The smallest absolute Gasteiger partial charge is 0.169 e. The van der Waals surface area contributed by atoms with E-state index in [1.807, 2.05) is 42.6 Å². The van der Waals surface area contributed by atoms with Crippen LogP contribution in [0.3, 0.4) is 0 Å². The van der Waals surface area contributed by atoms with E-state index in [1.165, 1.54) is 0 Å². The average molecular weight is 412 g/mol. The molecule has 3 aromatic carbocycles. The minimum Gasteiger partial charge on any atom is -0.504 e. The topological polar surface area (TPSA) is 60.2 Å². The van der Waals surface area contributed by atoms with Gasteiger partial charge in [-0.2, -0.15) is 0 Å². The van der Waals surface area contributed by atoms with Crippen molar-refractivity contribution >= 4 is 23.2 Å². The van der Waals surface area contributed by atoms with E-state index in [0.717, 1.165) is 16.8 Å². The molecule has 5 nitrogen and oxygen atoms in total. The summed E-state index contributed by atoms with van der Waals surface area (Å²) in [4.78, 5) is 0. The second-order valence-electron chi connectivity index (χ2n) is 6.15. The quantitative estimate of drug-likeness (QED) is 0.450. The van der Waals surface area contributed by atoms with Crippen LogP contribution in [-0.4, -0.2) is 20.1 Å². The molecular formula is C21H15Cl2N3O2. The van der Waals surface area contributed by atoms with Crippen molar-refractivity contribution in [2.24, 2.45) is 0 Å². The first-order valence-corrected chi connectivity index (χ1v) is 9.24. The Bertz CT molecular complexity index is 1110. The van der Waals surface area contributed by atoms with Gasteiger partial charge < -0.3 is 9.84 Å². The van der Waals surface area contributed by atoms with Crippen molar-refractivity contribution in [1.29, 1.82) is 0 Å². The summed E-state index contributed by atoms with van der Waals surface area (Å²) in [5.41, 5.74) is 2.65. The van der Waals surface area contributed by atoms with Crippen LogP contribution in [0.5, 0.6) is 17.2 Å². The van der Waals surface area contributed by atoms with Crippen LogP contribution >= 0.6 is 23.2 Å². The maximum absolute atomic E-state index is 10.3. The molecule has 0 saturated heterocycles. The predicted molar refractivity (Wildman–Crippen MR) is 109 cm³/mol. The Hall–Kier alpha value is -3.02. The summed E-state index contributed by atoms with van der Waals surface area (Å²) in [6, 6.07) is 19.9. The summed E-state index contributed by atoms with van der Waals surface area (Å²) in [5.74, 6) is 0.723. The summed E-state index contributed by atoms with van der Waals surface area (Å²) in [6.45, 7) is 0.468. The Kier molecular flexibility index (Phi) is 5.19. The lowest BCUT2D eigenvalue weighted by Crippen LogP contribution is -2.00. The molecule has 0 aliphatic rings. The molecule has 4 aromatic rings. The third-order valence-electron chi connectivity index (χ3n) is 4.09. The fraction of sp³-hybridized carbons (Fsp3) is 0.0476. The molecule has 0 bridgehead atoms. The number of hydrogen-bond donors (Lipinski definition) is 1. The Labute approximate surface area is 171 Å². The Morgan fingerprint density at radius 2 is 1.71 bits per heavy atom. The van der Waals surface area contributed by atoms with E-state index in [9.17, 15) is 5.11 Å². The molecule has 0 aliphatic carbocycles. The number of aromatic hydroxyl groups is 1. The molecule has 1 heterocycles. The van der Waals surface area contributed by atoms with E-state index in [1.54, 1.807) is 35.0 Å². The molecule has 0 aliphatic heterocycles. The van der Waals surface area contributed by atoms with Crippen LogP contribution < -0.4 is 4.74 Å². The van der Waals surface area contributed by atoms with E-state index >= 15 is 0 Å². The van der Waals surface area contributed by atoms with Crippen molar-refractivity contribution in [2.75, 3.05) is 0 Å². The van der Waals surface area contributed by atoms with Crippen molar-refractivity contribution in [2.45, 2.75) is 6.54 Å². The molecule has 7 heteroatoms. The van der Waals surface area contributed by atoms with Crippen LogP contribution in [0.2, 0.25) is 10.0 Å². The summed E-state index contributed by atoms with van der Waals surface area (Å²) >= 11 is 12.0. The van der Waals surface area contributed by atoms with E-state index in [4.69, 9.17) is 27.9 Å². The maximum Gasteiger partial charge on any atom is 0.169 e. The molecule has 0 fully saturated rings. The molecule has 0 spiro atoms. The van der Waals surface area contributed by atoms with Gasteiger partial charge in [0.1, 0.15) is 11.4 Å². The first-order valence-electron chi connectivity index (χ1n) is 8.49. The number of benzene rings is 3. The summed E-state index contributed by atoms with van der Waals surface area (Å²) < 4.78 is 7.40. The third-order valence-corrected chi connectivity index (χ3v) is 4.62. The Morgan fingerprint density at radius 3 is 2.46 bits per heavy atom. The number of halogens is 2. The number of phenols is 1. The number of ether oxygens (including phenoxy) is 1. The highest BCUT2D eigenvalue weighted by Crippen LogP contribution is 2.36. The van der Waals surface area contributed by atoms with Gasteiger partial charge in [-0.05, 0) is 35.9 Å². The molecule has 0 saturated carbocycles. The average Bonchev–Trinajstić information content (AvgIpc) is 3.15. The molecular weight excluding hydrogens is 397 g/mol. The fourth-order valence-corrected chi connectivity index (χ4v) is 3.18. The molecule has 140 valence electrons. The molecule has 28 heavy (non-hydrogen) atoms. The molecule has 1 aromatic heterocycles. The van der Waals surface area contributed by atoms with Crippen LogP contribution in [0.15, 0.2) is 72.9 Å².